The highest BCUT2D eigenvalue weighted by Gasteiger charge is 2.33. The lowest BCUT2D eigenvalue weighted by Gasteiger charge is -2.34. The molecule has 37 heavy (non-hydrogen) atoms. The summed E-state index contributed by atoms with van der Waals surface area (Å²) in [5.74, 6) is -1.34. The second-order valence-electron chi connectivity index (χ2n) is 9.12. The van der Waals surface area contributed by atoms with Crippen molar-refractivity contribution >= 4 is 27.5 Å². The fourth-order valence-corrected chi connectivity index (χ4v) is 4.78. The summed E-state index contributed by atoms with van der Waals surface area (Å²) in [4.78, 5) is 28.6. The van der Waals surface area contributed by atoms with Crippen LogP contribution in [0.3, 0.4) is 0 Å². The third-order valence-corrected chi connectivity index (χ3v) is 6.83. The number of sulfonamides is 1. The van der Waals surface area contributed by atoms with Gasteiger partial charge in [-0.15, -0.1) is 0 Å². The molecule has 196 valence electrons. The third-order valence-electron chi connectivity index (χ3n) is 5.69. The Labute approximate surface area is 218 Å². The minimum atomic E-state index is -3.81. The molecule has 3 rings (SSSR count). The van der Waals surface area contributed by atoms with Gasteiger partial charge in [0.15, 0.2) is 0 Å². The molecule has 0 aliphatic rings. The van der Waals surface area contributed by atoms with Gasteiger partial charge in [0.05, 0.1) is 11.9 Å². The van der Waals surface area contributed by atoms with Crippen molar-refractivity contribution in [2.45, 2.75) is 38.9 Å². The molecular weight excluding hydrogens is 493 g/mol. The minimum absolute atomic E-state index is 0.00544. The van der Waals surface area contributed by atoms with Crippen LogP contribution in [0, 0.1) is 5.82 Å². The Balaban J connectivity index is 2.03. The first-order valence-electron chi connectivity index (χ1n) is 12.0. The van der Waals surface area contributed by atoms with Gasteiger partial charge in [0.2, 0.25) is 21.8 Å². The summed E-state index contributed by atoms with van der Waals surface area (Å²) in [6.07, 6.45) is 1.25. The summed E-state index contributed by atoms with van der Waals surface area (Å²) in [6, 6.07) is 22.1. The molecule has 0 saturated carbocycles. The number of carbonyl (C=O) groups is 2. The summed E-state index contributed by atoms with van der Waals surface area (Å²) < 4.78 is 39.9. The molecule has 3 aromatic carbocycles. The Hall–Kier alpha value is -3.72. The molecule has 0 radical (unpaired) electrons. The third kappa shape index (κ3) is 8.15. The number of amides is 2. The second-order valence-corrected chi connectivity index (χ2v) is 11.0. The number of carbonyl (C=O) groups excluding carboxylic acids is 2. The summed E-state index contributed by atoms with van der Waals surface area (Å²) in [5.41, 5.74) is 1.79. The monoisotopic (exact) mass is 525 g/mol. The number of nitrogens with one attached hydrogen (secondary N) is 1. The first-order chi connectivity index (χ1) is 17.5. The standard InChI is InChI=1S/C28H32FN3O4S/c1-21(2)30-28(34)26(18-22-10-6-4-7-11-22)31(19-23-14-16-24(29)17-15-23)27(33)20-32(37(3,35)36)25-12-8-5-9-13-25/h4-17,21,26H,18-20H2,1-3H3,(H,30,34)/t26-/m0/s1. The molecule has 0 spiro atoms. The molecule has 0 unspecified atom stereocenters. The van der Waals surface area contributed by atoms with Crippen molar-refractivity contribution in [3.8, 4) is 0 Å². The average Bonchev–Trinajstić information content (AvgIpc) is 2.85. The molecule has 2 amide bonds. The van der Waals surface area contributed by atoms with Crippen LogP contribution in [0.15, 0.2) is 84.9 Å². The summed E-state index contributed by atoms with van der Waals surface area (Å²) in [6.45, 7) is 3.15. The van der Waals surface area contributed by atoms with Crippen LogP contribution in [-0.2, 0) is 32.6 Å². The molecule has 9 heteroatoms. The quantitative estimate of drug-likeness (QED) is 0.413. The predicted molar refractivity (Wildman–Crippen MR) is 143 cm³/mol. The van der Waals surface area contributed by atoms with Crippen LogP contribution in [0.25, 0.3) is 0 Å². The molecular formula is C28H32FN3O4S. The van der Waals surface area contributed by atoms with Crippen LogP contribution in [-0.4, -0.2) is 50.0 Å². The Morgan fingerprint density at radius 1 is 0.865 bits per heavy atom. The fourth-order valence-electron chi connectivity index (χ4n) is 3.93. The number of rotatable bonds is 11. The molecule has 1 atom stereocenters. The lowest BCUT2D eigenvalue weighted by atomic mass is 10.0. The van der Waals surface area contributed by atoms with Gasteiger partial charge in [-0.3, -0.25) is 13.9 Å². The molecule has 0 heterocycles. The maximum atomic E-state index is 13.8. The summed E-state index contributed by atoms with van der Waals surface area (Å²) >= 11 is 0. The van der Waals surface area contributed by atoms with E-state index in [9.17, 15) is 22.4 Å². The Kier molecular flexibility index (Phi) is 9.41. The van der Waals surface area contributed by atoms with E-state index < -0.39 is 34.3 Å². The van der Waals surface area contributed by atoms with Crippen molar-refractivity contribution in [2.24, 2.45) is 0 Å². The molecule has 7 nitrogen and oxygen atoms in total. The van der Waals surface area contributed by atoms with E-state index in [0.717, 1.165) is 16.1 Å². The van der Waals surface area contributed by atoms with E-state index in [0.29, 0.717) is 11.3 Å². The summed E-state index contributed by atoms with van der Waals surface area (Å²) in [5, 5.41) is 2.88. The highest BCUT2D eigenvalue weighted by atomic mass is 32.2. The highest BCUT2D eigenvalue weighted by Crippen LogP contribution is 2.20. The zero-order chi connectivity index (χ0) is 27.0. The van der Waals surface area contributed by atoms with E-state index in [1.807, 2.05) is 44.2 Å². The van der Waals surface area contributed by atoms with Crippen molar-refractivity contribution in [3.05, 3.63) is 102 Å². The van der Waals surface area contributed by atoms with Crippen molar-refractivity contribution in [2.75, 3.05) is 17.1 Å². The average molecular weight is 526 g/mol. The van der Waals surface area contributed by atoms with Crippen LogP contribution in [0.4, 0.5) is 10.1 Å². The lowest BCUT2D eigenvalue weighted by molar-refractivity contribution is -0.140. The maximum Gasteiger partial charge on any atom is 0.244 e. The molecule has 0 aliphatic heterocycles. The summed E-state index contributed by atoms with van der Waals surface area (Å²) in [7, 11) is -3.81. The van der Waals surface area contributed by atoms with Gasteiger partial charge in [-0.1, -0.05) is 60.7 Å². The largest absolute Gasteiger partial charge is 0.352 e. The van der Waals surface area contributed by atoms with Crippen LogP contribution < -0.4 is 9.62 Å². The highest BCUT2D eigenvalue weighted by molar-refractivity contribution is 7.92. The van der Waals surface area contributed by atoms with Crippen molar-refractivity contribution in [1.29, 1.82) is 0 Å². The molecule has 0 bridgehead atoms. The van der Waals surface area contributed by atoms with Crippen LogP contribution >= 0.6 is 0 Å². The number of halogens is 1. The fraction of sp³-hybridized carbons (Fsp3) is 0.286. The van der Waals surface area contributed by atoms with Crippen LogP contribution in [0.1, 0.15) is 25.0 Å². The van der Waals surface area contributed by atoms with Crippen LogP contribution in [0.5, 0.6) is 0 Å². The van der Waals surface area contributed by atoms with Crippen LogP contribution in [0.2, 0.25) is 0 Å². The van der Waals surface area contributed by atoms with E-state index >= 15 is 0 Å². The molecule has 0 aliphatic carbocycles. The Bertz CT molecular complexity index is 1280. The molecule has 0 fully saturated rings. The zero-order valence-electron chi connectivity index (χ0n) is 21.2. The van der Waals surface area contributed by atoms with E-state index in [2.05, 4.69) is 5.32 Å². The second kappa shape index (κ2) is 12.5. The number of para-hydroxylation sites is 1. The number of benzene rings is 3. The molecule has 0 aromatic heterocycles. The smallest absolute Gasteiger partial charge is 0.244 e. The number of nitrogens with zero attached hydrogens (tertiary/aromatic N) is 2. The minimum Gasteiger partial charge on any atom is -0.352 e. The van der Waals surface area contributed by atoms with Gasteiger partial charge < -0.3 is 10.2 Å². The Morgan fingerprint density at radius 3 is 1.97 bits per heavy atom. The van der Waals surface area contributed by atoms with Crippen molar-refractivity contribution in [3.63, 3.8) is 0 Å². The molecule has 3 aromatic rings. The van der Waals surface area contributed by atoms with Gasteiger partial charge in [-0.05, 0) is 49.2 Å². The lowest BCUT2D eigenvalue weighted by Crippen LogP contribution is -2.54. The van der Waals surface area contributed by atoms with E-state index in [1.165, 1.54) is 17.0 Å². The van der Waals surface area contributed by atoms with Gasteiger partial charge in [-0.25, -0.2) is 12.8 Å². The van der Waals surface area contributed by atoms with Gasteiger partial charge >= 0.3 is 0 Å². The van der Waals surface area contributed by atoms with Crippen molar-refractivity contribution in [1.82, 2.24) is 10.2 Å². The van der Waals surface area contributed by atoms with Gasteiger partial charge in [0.1, 0.15) is 18.4 Å². The number of anilines is 1. The predicted octanol–water partition coefficient (Wildman–Crippen LogP) is 3.76. The number of hydrogen-bond donors (Lipinski definition) is 1. The Morgan fingerprint density at radius 2 is 1.43 bits per heavy atom. The molecule has 1 N–H and O–H groups in total. The van der Waals surface area contributed by atoms with Gasteiger partial charge in [0, 0.05) is 19.0 Å². The van der Waals surface area contributed by atoms with Crippen molar-refractivity contribution < 1.29 is 22.4 Å². The topological polar surface area (TPSA) is 86.8 Å². The number of hydrogen-bond acceptors (Lipinski definition) is 4. The SMILES string of the molecule is CC(C)NC(=O)[C@H](Cc1ccccc1)N(Cc1ccc(F)cc1)C(=O)CN(c1ccccc1)S(C)(=O)=O. The first kappa shape index (κ1) is 27.9. The van der Waals surface area contributed by atoms with Gasteiger partial charge in [0.25, 0.3) is 0 Å². The zero-order valence-corrected chi connectivity index (χ0v) is 22.0. The first-order valence-corrected chi connectivity index (χ1v) is 13.8. The van der Waals surface area contributed by atoms with Gasteiger partial charge in [-0.2, -0.15) is 0 Å². The van der Waals surface area contributed by atoms with E-state index in [-0.39, 0.29) is 24.9 Å². The van der Waals surface area contributed by atoms with E-state index in [4.69, 9.17) is 0 Å². The normalized spacial score (nSPS) is 12.1. The van der Waals surface area contributed by atoms with E-state index in [1.54, 1.807) is 42.5 Å². The maximum absolute atomic E-state index is 13.8. The molecule has 0 saturated heterocycles.